The summed E-state index contributed by atoms with van der Waals surface area (Å²) in [5.74, 6) is -0.996. The van der Waals surface area contributed by atoms with E-state index in [-0.39, 0.29) is 31.0 Å². The van der Waals surface area contributed by atoms with E-state index in [1.54, 1.807) is 11.3 Å². The Morgan fingerprint density at radius 2 is 2.00 bits per heavy atom. The highest BCUT2D eigenvalue weighted by Crippen LogP contribution is 2.25. The van der Waals surface area contributed by atoms with Crippen LogP contribution in [0.1, 0.15) is 29.3 Å². The molecule has 0 radical (unpaired) electrons. The molecule has 0 bridgehead atoms. The molecule has 2 aromatic rings. The smallest absolute Gasteiger partial charge is 0.326 e. The summed E-state index contributed by atoms with van der Waals surface area (Å²) in [6.45, 7) is 0.101. The number of hydrogen-bond acceptors (Lipinski definition) is 5. The van der Waals surface area contributed by atoms with Crippen LogP contribution in [0.2, 0.25) is 0 Å². The molecule has 1 aromatic carbocycles. The van der Waals surface area contributed by atoms with Gasteiger partial charge in [0, 0.05) is 17.8 Å². The third-order valence-electron chi connectivity index (χ3n) is 4.12. The Labute approximate surface area is 155 Å². The third-order valence-corrected chi connectivity index (χ3v) is 5.06. The summed E-state index contributed by atoms with van der Waals surface area (Å²) in [5, 5.41) is 4.86. The van der Waals surface area contributed by atoms with Gasteiger partial charge in [0.25, 0.3) is 5.91 Å². The fraction of sp³-hybridized carbons (Fsp3) is 0.316. The third kappa shape index (κ3) is 4.70. The second-order valence-corrected chi connectivity index (χ2v) is 6.99. The Hall–Kier alpha value is -2.67. The predicted octanol–water partition coefficient (Wildman–Crippen LogP) is 2.12. The summed E-state index contributed by atoms with van der Waals surface area (Å²) >= 11 is 1.55. The highest BCUT2D eigenvalue weighted by molar-refractivity contribution is 7.10. The fourth-order valence-corrected chi connectivity index (χ4v) is 3.64. The molecule has 1 aliphatic rings. The lowest BCUT2D eigenvalue weighted by Crippen LogP contribution is -2.36. The largest absolute Gasteiger partial charge is 0.454 e. The second-order valence-electron chi connectivity index (χ2n) is 6.01. The van der Waals surface area contributed by atoms with Gasteiger partial charge in [-0.05, 0) is 23.4 Å². The van der Waals surface area contributed by atoms with Gasteiger partial charge in [0.1, 0.15) is 6.54 Å². The van der Waals surface area contributed by atoms with Gasteiger partial charge in [0.15, 0.2) is 6.61 Å². The number of thiophene rings is 1. The average Bonchev–Trinajstić information content (AvgIpc) is 3.31. The van der Waals surface area contributed by atoms with E-state index in [1.807, 2.05) is 47.8 Å². The van der Waals surface area contributed by atoms with E-state index >= 15 is 0 Å². The SMILES string of the molecule is O=C(COC(=O)CN1CCCC1=O)N[C@H](c1ccccc1)c1cccs1. The molecule has 1 N–H and O–H groups in total. The van der Waals surface area contributed by atoms with Gasteiger partial charge < -0.3 is 15.0 Å². The molecule has 0 aliphatic carbocycles. The number of amides is 2. The molecule has 6 nitrogen and oxygen atoms in total. The van der Waals surface area contributed by atoms with Crippen LogP contribution in [0.3, 0.4) is 0 Å². The van der Waals surface area contributed by atoms with Gasteiger partial charge in [-0.15, -0.1) is 11.3 Å². The van der Waals surface area contributed by atoms with Crippen molar-refractivity contribution in [2.75, 3.05) is 19.7 Å². The van der Waals surface area contributed by atoms with Crippen molar-refractivity contribution < 1.29 is 19.1 Å². The molecule has 1 fully saturated rings. The molecule has 1 aromatic heterocycles. The Morgan fingerprint density at radius 1 is 1.19 bits per heavy atom. The van der Waals surface area contributed by atoms with Crippen LogP contribution in [-0.4, -0.2) is 42.4 Å². The normalized spacial score (nSPS) is 14.9. The van der Waals surface area contributed by atoms with Crippen molar-refractivity contribution in [2.24, 2.45) is 0 Å². The van der Waals surface area contributed by atoms with Crippen molar-refractivity contribution in [3.63, 3.8) is 0 Å². The van der Waals surface area contributed by atoms with Crippen LogP contribution in [-0.2, 0) is 19.1 Å². The molecular weight excluding hydrogens is 352 g/mol. The maximum absolute atomic E-state index is 12.3. The molecule has 0 unspecified atom stereocenters. The molecule has 136 valence electrons. The highest BCUT2D eigenvalue weighted by Gasteiger charge is 2.24. The molecule has 1 aliphatic heterocycles. The molecule has 2 heterocycles. The first-order valence-electron chi connectivity index (χ1n) is 8.44. The monoisotopic (exact) mass is 372 g/mol. The highest BCUT2D eigenvalue weighted by atomic mass is 32.1. The molecule has 1 saturated heterocycles. The van der Waals surface area contributed by atoms with Crippen LogP contribution < -0.4 is 5.32 Å². The van der Waals surface area contributed by atoms with Gasteiger partial charge in [-0.1, -0.05) is 36.4 Å². The van der Waals surface area contributed by atoms with E-state index in [4.69, 9.17) is 4.74 Å². The van der Waals surface area contributed by atoms with Crippen LogP contribution in [0, 0.1) is 0 Å². The van der Waals surface area contributed by atoms with Crippen LogP contribution in [0.25, 0.3) is 0 Å². The van der Waals surface area contributed by atoms with Gasteiger partial charge in [-0.25, -0.2) is 0 Å². The zero-order valence-electron chi connectivity index (χ0n) is 14.2. The quantitative estimate of drug-likeness (QED) is 0.756. The number of carbonyl (C=O) groups excluding carboxylic acids is 3. The number of rotatable bonds is 7. The maximum atomic E-state index is 12.3. The number of nitrogens with zero attached hydrogens (tertiary/aromatic N) is 1. The Bertz CT molecular complexity index is 761. The lowest BCUT2D eigenvalue weighted by Gasteiger charge is -2.18. The number of likely N-dealkylation sites (tertiary alicyclic amines) is 1. The summed E-state index contributed by atoms with van der Waals surface area (Å²) in [6, 6.07) is 13.2. The van der Waals surface area contributed by atoms with Crippen molar-refractivity contribution >= 4 is 29.1 Å². The zero-order chi connectivity index (χ0) is 18.4. The minimum absolute atomic E-state index is 0.0479. The van der Waals surface area contributed by atoms with Gasteiger partial charge in [-0.3, -0.25) is 14.4 Å². The van der Waals surface area contributed by atoms with Crippen molar-refractivity contribution in [3.05, 3.63) is 58.3 Å². The minimum atomic E-state index is -0.567. The molecule has 0 spiro atoms. The van der Waals surface area contributed by atoms with E-state index in [9.17, 15) is 14.4 Å². The maximum Gasteiger partial charge on any atom is 0.326 e. The van der Waals surface area contributed by atoms with Crippen LogP contribution >= 0.6 is 11.3 Å². The molecule has 7 heteroatoms. The number of esters is 1. The first-order chi connectivity index (χ1) is 12.6. The van der Waals surface area contributed by atoms with Gasteiger partial charge >= 0.3 is 5.97 Å². The van der Waals surface area contributed by atoms with Crippen molar-refractivity contribution in [1.29, 1.82) is 0 Å². The van der Waals surface area contributed by atoms with E-state index in [1.165, 1.54) is 4.90 Å². The summed E-state index contributed by atoms with van der Waals surface area (Å²) in [4.78, 5) is 38.1. The Kier molecular flexibility index (Phi) is 6.01. The molecular formula is C19H20N2O4S. The molecule has 3 rings (SSSR count). The van der Waals surface area contributed by atoms with Crippen molar-refractivity contribution in [2.45, 2.75) is 18.9 Å². The molecule has 1 atom stereocenters. The number of carbonyl (C=O) groups is 3. The standard InChI is InChI=1S/C19H20N2O4S/c22-16(13-25-18(24)12-21-10-4-9-17(21)23)20-19(15-8-5-11-26-15)14-6-2-1-3-7-14/h1-3,5-8,11,19H,4,9-10,12-13H2,(H,20,22)/t19-/m1/s1. The summed E-state index contributed by atoms with van der Waals surface area (Å²) in [6.07, 6.45) is 1.22. The zero-order valence-corrected chi connectivity index (χ0v) is 15.0. The lowest BCUT2D eigenvalue weighted by molar-refractivity contribution is -0.151. The summed E-state index contributed by atoms with van der Waals surface area (Å²) < 4.78 is 5.03. The van der Waals surface area contributed by atoms with Gasteiger partial charge in [0.2, 0.25) is 5.91 Å². The van der Waals surface area contributed by atoms with Crippen molar-refractivity contribution in [1.82, 2.24) is 10.2 Å². The number of hydrogen-bond donors (Lipinski definition) is 1. The minimum Gasteiger partial charge on any atom is -0.454 e. The van der Waals surface area contributed by atoms with Crippen LogP contribution in [0.15, 0.2) is 47.8 Å². The molecule has 2 amide bonds. The number of nitrogens with one attached hydrogen (secondary N) is 1. The summed E-state index contributed by atoms with van der Waals surface area (Å²) in [7, 11) is 0. The molecule has 0 saturated carbocycles. The summed E-state index contributed by atoms with van der Waals surface area (Å²) in [5.41, 5.74) is 0.956. The average molecular weight is 372 g/mol. The van der Waals surface area contributed by atoms with Gasteiger partial charge in [-0.2, -0.15) is 0 Å². The van der Waals surface area contributed by atoms with Crippen LogP contribution in [0.5, 0.6) is 0 Å². The predicted molar refractivity (Wildman–Crippen MR) is 97.5 cm³/mol. The Morgan fingerprint density at radius 3 is 2.65 bits per heavy atom. The number of ether oxygens (including phenoxy) is 1. The second kappa shape index (κ2) is 8.62. The topological polar surface area (TPSA) is 75.7 Å². The van der Waals surface area contributed by atoms with Gasteiger partial charge in [0.05, 0.1) is 6.04 Å². The molecule has 26 heavy (non-hydrogen) atoms. The fourth-order valence-electron chi connectivity index (χ4n) is 2.84. The first-order valence-corrected chi connectivity index (χ1v) is 9.32. The van der Waals surface area contributed by atoms with Crippen molar-refractivity contribution in [3.8, 4) is 0 Å². The van der Waals surface area contributed by atoms with E-state index in [0.29, 0.717) is 13.0 Å². The number of benzene rings is 1. The lowest BCUT2D eigenvalue weighted by atomic mass is 10.1. The Balaban J connectivity index is 1.55. The van der Waals surface area contributed by atoms with E-state index < -0.39 is 5.97 Å². The van der Waals surface area contributed by atoms with E-state index in [2.05, 4.69) is 5.32 Å². The van der Waals surface area contributed by atoms with E-state index in [0.717, 1.165) is 16.9 Å². The van der Waals surface area contributed by atoms with Crippen LogP contribution in [0.4, 0.5) is 0 Å². The first kappa shape index (κ1) is 18.1.